The number of ether oxygens (including phenoxy) is 1. The summed E-state index contributed by atoms with van der Waals surface area (Å²) in [5.74, 6) is -0.0210. The van der Waals surface area contributed by atoms with Crippen LogP contribution in [-0.4, -0.2) is 47.4 Å². The minimum atomic E-state index is -0.660. The second-order valence-corrected chi connectivity index (χ2v) is 23.5. The Hall–Kier alpha value is -1.66. The maximum atomic E-state index is 12.5. The largest absolute Gasteiger partial charge is 0.466 e. The average Bonchev–Trinajstić information content (AvgIpc) is 3.41. The molecule has 444 valence electrons. The van der Waals surface area contributed by atoms with E-state index in [4.69, 9.17) is 4.74 Å². The maximum absolute atomic E-state index is 12.5. The number of rotatable bonds is 64. The van der Waals surface area contributed by atoms with Gasteiger partial charge in [0.25, 0.3) is 0 Å². The van der Waals surface area contributed by atoms with Gasteiger partial charge in [-0.25, -0.2) is 0 Å². The van der Waals surface area contributed by atoms with Crippen LogP contribution < -0.4 is 5.32 Å². The molecular weight excluding hydrogens is 923 g/mol. The summed E-state index contributed by atoms with van der Waals surface area (Å²) in [5.41, 5.74) is 0. The van der Waals surface area contributed by atoms with Gasteiger partial charge in [-0.15, -0.1) is 0 Å². The van der Waals surface area contributed by atoms with Crippen LogP contribution in [0.3, 0.4) is 0 Å². The molecule has 0 aliphatic carbocycles. The first-order valence-electron chi connectivity index (χ1n) is 34.1. The third kappa shape index (κ3) is 61.4. The first kappa shape index (κ1) is 73.3. The van der Waals surface area contributed by atoms with E-state index in [-0.39, 0.29) is 18.5 Å². The molecule has 0 saturated heterocycles. The number of esters is 1. The quantitative estimate of drug-likeness (QED) is 0.0320. The molecule has 0 aromatic rings. The smallest absolute Gasteiger partial charge is 0.305 e. The van der Waals surface area contributed by atoms with Crippen LogP contribution >= 0.6 is 0 Å². The van der Waals surface area contributed by atoms with E-state index in [1.165, 1.54) is 302 Å². The number of amides is 1. The minimum absolute atomic E-state index is 0.0107. The lowest BCUT2D eigenvalue weighted by molar-refractivity contribution is -0.143. The van der Waals surface area contributed by atoms with Crippen molar-refractivity contribution in [1.82, 2.24) is 5.32 Å². The molecule has 0 bridgehead atoms. The van der Waals surface area contributed by atoms with Crippen molar-refractivity contribution in [2.75, 3.05) is 13.2 Å². The zero-order valence-electron chi connectivity index (χ0n) is 50.8. The van der Waals surface area contributed by atoms with Gasteiger partial charge >= 0.3 is 5.97 Å². The Morgan fingerprint density at radius 2 is 0.627 bits per heavy atom. The normalized spacial score (nSPS) is 12.6. The van der Waals surface area contributed by atoms with Gasteiger partial charge in [-0.05, 0) is 77.0 Å². The molecular formula is C69H133NO5. The van der Waals surface area contributed by atoms with E-state index in [9.17, 15) is 19.8 Å². The Bertz CT molecular complexity index is 1170. The van der Waals surface area contributed by atoms with Gasteiger partial charge in [0.1, 0.15) is 0 Å². The summed E-state index contributed by atoms with van der Waals surface area (Å²) >= 11 is 0. The van der Waals surface area contributed by atoms with E-state index in [1.54, 1.807) is 0 Å². The SMILES string of the molecule is CCCCCCCC/C=C\CCCCCCCC(=O)OCCCCCCCCCCCCCC/C=C\CCCCCCCCCCCCCCCCCCC(=O)NC(CO)C(O)CCCCCCCCCCCCC. The number of hydrogen-bond donors (Lipinski definition) is 3. The lowest BCUT2D eigenvalue weighted by Crippen LogP contribution is -2.45. The number of unbranched alkanes of at least 4 members (excludes halogenated alkanes) is 49. The summed E-state index contributed by atoms with van der Waals surface area (Å²) < 4.78 is 5.49. The van der Waals surface area contributed by atoms with Gasteiger partial charge in [0.2, 0.25) is 5.91 Å². The van der Waals surface area contributed by atoms with Crippen molar-refractivity contribution in [1.29, 1.82) is 0 Å². The van der Waals surface area contributed by atoms with E-state index >= 15 is 0 Å². The molecule has 2 atom stereocenters. The molecule has 0 radical (unpaired) electrons. The molecule has 1 amide bonds. The lowest BCUT2D eigenvalue weighted by Gasteiger charge is -2.22. The summed E-state index contributed by atoms with van der Waals surface area (Å²) in [6.45, 7) is 4.96. The summed E-state index contributed by atoms with van der Waals surface area (Å²) in [6, 6.07) is -0.538. The molecule has 75 heavy (non-hydrogen) atoms. The number of carbonyl (C=O) groups is 2. The van der Waals surface area contributed by atoms with Gasteiger partial charge in [0.15, 0.2) is 0 Å². The number of aliphatic hydroxyl groups is 2. The van der Waals surface area contributed by atoms with Crippen LogP contribution in [-0.2, 0) is 14.3 Å². The number of carbonyl (C=O) groups excluding carboxylic acids is 2. The molecule has 3 N–H and O–H groups in total. The Kier molecular flexibility index (Phi) is 63.4. The van der Waals surface area contributed by atoms with Gasteiger partial charge in [0, 0.05) is 12.8 Å². The van der Waals surface area contributed by atoms with Crippen molar-refractivity contribution < 1.29 is 24.5 Å². The third-order valence-electron chi connectivity index (χ3n) is 16.0. The Morgan fingerprint density at radius 1 is 0.360 bits per heavy atom. The molecule has 0 aliphatic rings. The fourth-order valence-corrected chi connectivity index (χ4v) is 10.7. The average molecular weight is 1060 g/mol. The van der Waals surface area contributed by atoms with Crippen molar-refractivity contribution in [2.24, 2.45) is 0 Å². The number of hydrogen-bond acceptors (Lipinski definition) is 5. The molecule has 6 heteroatoms. The second-order valence-electron chi connectivity index (χ2n) is 23.5. The summed E-state index contributed by atoms with van der Waals surface area (Å²) in [5, 5.41) is 23.2. The lowest BCUT2D eigenvalue weighted by atomic mass is 10.0. The highest BCUT2D eigenvalue weighted by atomic mass is 16.5. The van der Waals surface area contributed by atoms with E-state index < -0.39 is 12.1 Å². The van der Waals surface area contributed by atoms with Crippen LogP contribution in [0.5, 0.6) is 0 Å². The number of nitrogens with one attached hydrogen (secondary N) is 1. The minimum Gasteiger partial charge on any atom is -0.466 e. The second kappa shape index (κ2) is 64.9. The number of allylic oxidation sites excluding steroid dienone is 4. The van der Waals surface area contributed by atoms with Crippen LogP contribution in [0.2, 0.25) is 0 Å². The molecule has 2 unspecified atom stereocenters. The van der Waals surface area contributed by atoms with Crippen molar-refractivity contribution in [3.8, 4) is 0 Å². The van der Waals surface area contributed by atoms with Crippen LogP contribution in [0.4, 0.5) is 0 Å². The molecule has 0 spiro atoms. The van der Waals surface area contributed by atoms with Gasteiger partial charge in [0.05, 0.1) is 25.4 Å². The number of aliphatic hydroxyl groups excluding tert-OH is 2. The standard InChI is InChI=1S/C69H133NO5/c1-3-5-7-9-11-13-15-16-35-39-43-47-51-55-59-63-69(74)75-64-60-56-52-48-44-40-37-34-32-30-28-26-24-22-20-18-17-19-21-23-25-27-29-31-33-36-38-42-46-50-54-58-62-68(73)70-66(65-71)67(72)61-57-53-49-45-41-14-12-10-8-6-4-2/h16,20,22,35,66-67,71-72H,3-15,17-19,21,23-34,36-65H2,1-2H3,(H,70,73)/b22-20-,35-16-. The zero-order valence-corrected chi connectivity index (χ0v) is 50.8. The molecule has 0 fully saturated rings. The van der Waals surface area contributed by atoms with E-state index in [2.05, 4.69) is 43.5 Å². The Labute approximate surface area is 469 Å². The Balaban J connectivity index is 3.33. The monoisotopic (exact) mass is 1060 g/mol. The van der Waals surface area contributed by atoms with Crippen molar-refractivity contribution in [3.63, 3.8) is 0 Å². The highest BCUT2D eigenvalue weighted by Crippen LogP contribution is 2.18. The van der Waals surface area contributed by atoms with Gasteiger partial charge in [-0.3, -0.25) is 9.59 Å². The predicted molar refractivity (Wildman–Crippen MR) is 329 cm³/mol. The van der Waals surface area contributed by atoms with E-state index in [0.717, 1.165) is 44.9 Å². The maximum Gasteiger partial charge on any atom is 0.305 e. The van der Waals surface area contributed by atoms with Crippen LogP contribution in [0.15, 0.2) is 24.3 Å². The first-order valence-corrected chi connectivity index (χ1v) is 34.1. The van der Waals surface area contributed by atoms with Crippen molar-refractivity contribution in [2.45, 2.75) is 392 Å². The predicted octanol–water partition coefficient (Wildman–Crippen LogP) is 21.8. The van der Waals surface area contributed by atoms with Crippen molar-refractivity contribution in [3.05, 3.63) is 24.3 Å². The molecule has 0 saturated carbocycles. The molecule has 0 aromatic carbocycles. The fraction of sp³-hybridized carbons (Fsp3) is 0.913. The topological polar surface area (TPSA) is 95.9 Å². The van der Waals surface area contributed by atoms with Crippen molar-refractivity contribution >= 4 is 11.9 Å². The van der Waals surface area contributed by atoms with Crippen LogP contribution in [0.1, 0.15) is 380 Å². The van der Waals surface area contributed by atoms with Crippen LogP contribution in [0, 0.1) is 0 Å². The highest BCUT2D eigenvalue weighted by molar-refractivity contribution is 5.76. The zero-order chi connectivity index (χ0) is 54.3. The summed E-state index contributed by atoms with van der Waals surface area (Å²) in [6.07, 6.45) is 80.9. The molecule has 6 nitrogen and oxygen atoms in total. The van der Waals surface area contributed by atoms with E-state index in [0.29, 0.717) is 25.9 Å². The van der Waals surface area contributed by atoms with Gasteiger partial charge in [-0.2, -0.15) is 0 Å². The van der Waals surface area contributed by atoms with E-state index in [1.807, 2.05) is 0 Å². The summed E-state index contributed by atoms with van der Waals surface area (Å²) in [4.78, 5) is 24.5. The first-order chi connectivity index (χ1) is 37.0. The highest BCUT2D eigenvalue weighted by Gasteiger charge is 2.20. The molecule has 0 rings (SSSR count). The summed E-state index contributed by atoms with van der Waals surface area (Å²) in [7, 11) is 0. The van der Waals surface area contributed by atoms with Gasteiger partial charge in [-0.1, -0.05) is 314 Å². The van der Waals surface area contributed by atoms with Gasteiger partial charge < -0.3 is 20.3 Å². The molecule has 0 heterocycles. The van der Waals surface area contributed by atoms with Crippen LogP contribution in [0.25, 0.3) is 0 Å². The third-order valence-corrected chi connectivity index (χ3v) is 16.0. The molecule has 0 aliphatic heterocycles. The fourth-order valence-electron chi connectivity index (χ4n) is 10.7. The Morgan fingerprint density at radius 3 is 0.947 bits per heavy atom. The molecule has 0 aromatic heterocycles.